The van der Waals surface area contributed by atoms with Crippen LogP contribution < -0.4 is 10.2 Å². The molecule has 0 aliphatic carbocycles. The zero-order valence-corrected chi connectivity index (χ0v) is 18.0. The molecule has 3 aliphatic rings. The van der Waals surface area contributed by atoms with Gasteiger partial charge in [-0.3, -0.25) is 14.9 Å². The molecule has 0 saturated carbocycles. The minimum absolute atomic E-state index is 0.0549. The molecule has 1 saturated heterocycles. The van der Waals surface area contributed by atoms with Crippen molar-refractivity contribution < 1.29 is 9.53 Å². The number of amides is 1. The Bertz CT molecular complexity index is 1070. The summed E-state index contributed by atoms with van der Waals surface area (Å²) in [5, 5.41) is 16.9. The van der Waals surface area contributed by atoms with Gasteiger partial charge in [-0.2, -0.15) is 5.10 Å². The van der Waals surface area contributed by atoms with Crippen molar-refractivity contribution >= 4 is 17.4 Å². The van der Waals surface area contributed by atoms with Crippen molar-refractivity contribution in [1.82, 2.24) is 20.0 Å². The highest BCUT2D eigenvalue weighted by Crippen LogP contribution is 2.34. The second kappa shape index (κ2) is 7.85. The van der Waals surface area contributed by atoms with Gasteiger partial charge in [0.25, 0.3) is 0 Å². The predicted molar refractivity (Wildman–Crippen MR) is 119 cm³/mol. The number of anilines is 1. The van der Waals surface area contributed by atoms with Crippen molar-refractivity contribution in [2.24, 2.45) is 7.05 Å². The highest BCUT2D eigenvalue weighted by Gasteiger charge is 2.31. The molecule has 0 radical (unpaired) electrons. The van der Waals surface area contributed by atoms with Crippen molar-refractivity contribution in [3.05, 3.63) is 47.4 Å². The van der Waals surface area contributed by atoms with Crippen LogP contribution in [0.5, 0.6) is 0 Å². The van der Waals surface area contributed by atoms with Gasteiger partial charge in [-0.1, -0.05) is 6.07 Å². The van der Waals surface area contributed by atoms with Crippen LogP contribution in [0.2, 0.25) is 0 Å². The van der Waals surface area contributed by atoms with Crippen LogP contribution in [0.1, 0.15) is 18.9 Å². The van der Waals surface area contributed by atoms with E-state index in [0.717, 1.165) is 47.5 Å². The molecular weight excluding hydrogens is 392 g/mol. The van der Waals surface area contributed by atoms with Crippen LogP contribution in [0.3, 0.4) is 0 Å². The number of aryl methyl sites for hydroxylation is 1. The molecule has 1 aromatic heterocycles. The zero-order valence-electron chi connectivity index (χ0n) is 18.0. The van der Waals surface area contributed by atoms with E-state index in [0.29, 0.717) is 38.2 Å². The third-order valence-corrected chi connectivity index (χ3v) is 6.38. The quantitative estimate of drug-likeness (QED) is 0.583. The van der Waals surface area contributed by atoms with Gasteiger partial charge < -0.3 is 19.9 Å². The van der Waals surface area contributed by atoms with E-state index in [1.807, 2.05) is 29.0 Å². The maximum atomic E-state index is 12.0. The smallest absolute Gasteiger partial charge is 0.219 e. The molecule has 4 heterocycles. The standard InChI is InChI=1S/C23H28N6O2/c1-15(30)28-7-6-21(26-19-13-31-14-19)20(12-28)23(24)29-8-5-17-9-16(3-4-22(17)29)18-10-25-27(2)11-18/h3-4,9-11,19,24,26H,5-8,12-14H2,1-2H3. The van der Waals surface area contributed by atoms with E-state index >= 15 is 0 Å². The van der Waals surface area contributed by atoms with Gasteiger partial charge in [0.1, 0.15) is 5.84 Å². The van der Waals surface area contributed by atoms with Crippen LogP contribution in [-0.2, 0) is 23.0 Å². The molecule has 5 rings (SSSR count). The van der Waals surface area contributed by atoms with E-state index in [1.54, 1.807) is 6.92 Å². The maximum Gasteiger partial charge on any atom is 0.219 e. The first-order valence-electron chi connectivity index (χ1n) is 10.8. The van der Waals surface area contributed by atoms with Gasteiger partial charge in [-0.15, -0.1) is 0 Å². The molecule has 1 aromatic carbocycles. The average Bonchev–Trinajstić information content (AvgIpc) is 3.35. The minimum Gasteiger partial charge on any atom is -0.381 e. The van der Waals surface area contributed by atoms with Crippen LogP contribution in [0.25, 0.3) is 11.1 Å². The zero-order chi connectivity index (χ0) is 21.5. The summed E-state index contributed by atoms with van der Waals surface area (Å²) >= 11 is 0. The third kappa shape index (κ3) is 3.72. The number of rotatable bonds is 4. The molecular formula is C23H28N6O2. The monoisotopic (exact) mass is 420 g/mol. The number of hydrogen-bond donors (Lipinski definition) is 2. The Hall–Kier alpha value is -3.13. The number of nitrogens with zero attached hydrogens (tertiary/aromatic N) is 4. The van der Waals surface area contributed by atoms with Crippen molar-refractivity contribution in [1.29, 1.82) is 5.41 Å². The average molecular weight is 421 g/mol. The number of aromatic nitrogens is 2. The Morgan fingerprint density at radius 2 is 2.06 bits per heavy atom. The Morgan fingerprint density at radius 3 is 2.74 bits per heavy atom. The summed E-state index contributed by atoms with van der Waals surface area (Å²) in [5.41, 5.74) is 6.56. The number of carbonyl (C=O) groups excluding carboxylic acids is 1. The molecule has 31 heavy (non-hydrogen) atoms. The van der Waals surface area contributed by atoms with E-state index in [-0.39, 0.29) is 5.91 Å². The third-order valence-electron chi connectivity index (χ3n) is 6.38. The second-order valence-electron chi connectivity index (χ2n) is 8.52. The summed E-state index contributed by atoms with van der Waals surface area (Å²) in [5.74, 6) is 0.542. The number of hydrogen-bond acceptors (Lipinski definition) is 5. The van der Waals surface area contributed by atoms with Gasteiger partial charge in [0, 0.05) is 62.2 Å². The minimum atomic E-state index is 0.0549. The fraction of sp³-hybridized carbons (Fsp3) is 0.435. The fourth-order valence-corrected chi connectivity index (χ4v) is 4.52. The maximum absolute atomic E-state index is 12.0. The second-order valence-corrected chi connectivity index (χ2v) is 8.52. The lowest BCUT2D eigenvalue weighted by Gasteiger charge is -2.36. The van der Waals surface area contributed by atoms with Crippen molar-refractivity contribution in [2.45, 2.75) is 25.8 Å². The summed E-state index contributed by atoms with van der Waals surface area (Å²) in [6.45, 7) is 4.93. The van der Waals surface area contributed by atoms with Crippen molar-refractivity contribution in [3.63, 3.8) is 0 Å². The Labute approximate surface area is 182 Å². The fourth-order valence-electron chi connectivity index (χ4n) is 4.52. The van der Waals surface area contributed by atoms with E-state index in [9.17, 15) is 4.79 Å². The largest absolute Gasteiger partial charge is 0.381 e. The van der Waals surface area contributed by atoms with Gasteiger partial charge in [-0.25, -0.2) is 0 Å². The van der Waals surface area contributed by atoms with Crippen LogP contribution in [0, 0.1) is 5.41 Å². The number of carbonyl (C=O) groups is 1. The van der Waals surface area contributed by atoms with E-state index in [4.69, 9.17) is 10.1 Å². The molecule has 8 nitrogen and oxygen atoms in total. The van der Waals surface area contributed by atoms with Crippen LogP contribution in [0.15, 0.2) is 41.9 Å². The molecule has 0 unspecified atom stereocenters. The topological polar surface area (TPSA) is 86.5 Å². The van der Waals surface area contributed by atoms with Gasteiger partial charge in [0.2, 0.25) is 5.91 Å². The lowest BCUT2D eigenvalue weighted by Crippen LogP contribution is -2.49. The van der Waals surface area contributed by atoms with Gasteiger partial charge in [-0.05, 0) is 29.7 Å². The van der Waals surface area contributed by atoms with Gasteiger partial charge in [0.05, 0.1) is 32.0 Å². The summed E-state index contributed by atoms with van der Waals surface area (Å²) in [6.07, 6.45) is 5.53. The van der Waals surface area contributed by atoms with Crippen molar-refractivity contribution in [3.8, 4) is 11.1 Å². The Morgan fingerprint density at radius 1 is 1.23 bits per heavy atom. The molecule has 2 N–H and O–H groups in total. The van der Waals surface area contributed by atoms with E-state index in [2.05, 4.69) is 33.5 Å². The summed E-state index contributed by atoms with van der Waals surface area (Å²) < 4.78 is 7.12. The van der Waals surface area contributed by atoms with Crippen LogP contribution in [0.4, 0.5) is 5.69 Å². The summed E-state index contributed by atoms with van der Waals surface area (Å²) in [7, 11) is 1.92. The number of benzene rings is 1. The molecule has 8 heteroatoms. The lowest BCUT2D eigenvalue weighted by atomic mass is 10.0. The summed E-state index contributed by atoms with van der Waals surface area (Å²) in [6, 6.07) is 6.72. The number of amidine groups is 1. The van der Waals surface area contributed by atoms with E-state index in [1.165, 1.54) is 5.56 Å². The van der Waals surface area contributed by atoms with Crippen LogP contribution >= 0.6 is 0 Å². The highest BCUT2D eigenvalue weighted by molar-refractivity contribution is 6.10. The van der Waals surface area contributed by atoms with Gasteiger partial charge in [0.15, 0.2) is 0 Å². The Kier molecular flexibility index (Phi) is 5.02. The number of nitrogens with one attached hydrogen (secondary N) is 2. The number of ether oxygens (including phenoxy) is 1. The molecule has 0 spiro atoms. The molecule has 1 amide bonds. The molecule has 0 bridgehead atoms. The summed E-state index contributed by atoms with van der Waals surface area (Å²) in [4.78, 5) is 15.9. The SMILES string of the molecule is CC(=O)N1CCC(NC2COC2)=C(C(=N)N2CCc3cc(-c4cnn(C)c4)ccc32)C1. The lowest BCUT2D eigenvalue weighted by molar-refractivity contribution is -0.128. The molecule has 162 valence electrons. The van der Waals surface area contributed by atoms with E-state index < -0.39 is 0 Å². The highest BCUT2D eigenvalue weighted by atomic mass is 16.5. The van der Waals surface area contributed by atoms with Crippen molar-refractivity contribution in [2.75, 3.05) is 37.7 Å². The van der Waals surface area contributed by atoms with Crippen LogP contribution in [-0.4, -0.2) is 65.3 Å². The molecule has 2 aromatic rings. The Balaban J connectivity index is 1.43. The predicted octanol–water partition coefficient (Wildman–Crippen LogP) is 1.92. The normalized spacial score (nSPS) is 18.8. The van der Waals surface area contributed by atoms with Gasteiger partial charge >= 0.3 is 0 Å². The molecule has 1 fully saturated rings. The first-order valence-corrected chi connectivity index (χ1v) is 10.8. The first-order chi connectivity index (χ1) is 15.0. The molecule has 3 aliphatic heterocycles. The first kappa shape index (κ1) is 19.8. The number of fused-ring (bicyclic) bond motifs is 1. The molecule has 0 atom stereocenters.